The average Bonchev–Trinajstić information content (AvgIpc) is 2.63. The first-order valence-electron chi connectivity index (χ1n) is 8.44. The molecule has 6 heteroatoms. The maximum Gasteiger partial charge on any atom is 0.137 e. The summed E-state index contributed by atoms with van der Waals surface area (Å²) in [5.74, 6) is 0.714. The zero-order valence-corrected chi connectivity index (χ0v) is 15.7. The zero-order chi connectivity index (χ0) is 17.6. The van der Waals surface area contributed by atoms with Crippen molar-refractivity contribution in [3.05, 3.63) is 52.0 Å². The molecule has 1 saturated heterocycles. The maximum atomic E-state index is 6.47. The van der Waals surface area contributed by atoms with Crippen molar-refractivity contribution in [1.29, 1.82) is 0 Å². The molecule has 0 aliphatic carbocycles. The van der Waals surface area contributed by atoms with Crippen LogP contribution in [0.4, 0.5) is 11.4 Å². The Bertz CT molecular complexity index is 719. The Morgan fingerprint density at radius 3 is 2.56 bits per heavy atom. The van der Waals surface area contributed by atoms with Gasteiger partial charge in [0.2, 0.25) is 0 Å². The second-order valence-corrected chi connectivity index (χ2v) is 6.63. The van der Waals surface area contributed by atoms with Crippen LogP contribution in [0.1, 0.15) is 12.5 Å². The molecule has 134 valence electrons. The molecule has 25 heavy (non-hydrogen) atoms. The van der Waals surface area contributed by atoms with Crippen LogP contribution in [0.5, 0.6) is 5.75 Å². The number of hydrogen-bond acceptors (Lipinski definition) is 4. The Morgan fingerprint density at radius 2 is 1.88 bits per heavy atom. The Morgan fingerprint density at radius 1 is 1.08 bits per heavy atom. The molecular formula is C19H22Cl2N2O2. The Labute approximate surface area is 158 Å². The summed E-state index contributed by atoms with van der Waals surface area (Å²) in [6, 6.07) is 11.9. The molecule has 0 unspecified atom stereocenters. The molecule has 2 aromatic carbocycles. The number of ether oxygens (including phenoxy) is 2. The Balaban J connectivity index is 1.63. The highest BCUT2D eigenvalue weighted by Gasteiger charge is 2.14. The van der Waals surface area contributed by atoms with Gasteiger partial charge in [0.05, 0.1) is 35.6 Å². The summed E-state index contributed by atoms with van der Waals surface area (Å²) in [6.07, 6.45) is 0. The molecule has 1 heterocycles. The van der Waals surface area contributed by atoms with E-state index in [0.717, 1.165) is 48.3 Å². The van der Waals surface area contributed by atoms with E-state index in [4.69, 9.17) is 32.7 Å². The molecule has 0 spiro atoms. The lowest BCUT2D eigenvalue weighted by Gasteiger charge is -2.29. The van der Waals surface area contributed by atoms with Gasteiger partial charge in [-0.2, -0.15) is 0 Å². The van der Waals surface area contributed by atoms with Gasteiger partial charge in [-0.3, -0.25) is 0 Å². The van der Waals surface area contributed by atoms with Gasteiger partial charge in [-0.05, 0) is 42.8 Å². The van der Waals surface area contributed by atoms with Crippen LogP contribution in [0.2, 0.25) is 10.0 Å². The maximum absolute atomic E-state index is 6.47. The standard InChI is InChI=1S/C19H22Cl2N2O2/c1-2-25-19-6-3-14(11-17(19)21)13-22-15-4-5-18(16(20)12-15)23-7-9-24-10-8-23/h3-6,11-12,22H,2,7-10,13H2,1H3. The number of rotatable bonds is 6. The fraction of sp³-hybridized carbons (Fsp3) is 0.368. The van der Waals surface area contributed by atoms with Gasteiger partial charge in [0.15, 0.2) is 0 Å². The summed E-state index contributed by atoms with van der Waals surface area (Å²) >= 11 is 12.7. The van der Waals surface area contributed by atoms with Crippen molar-refractivity contribution in [1.82, 2.24) is 0 Å². The van der Waals surface area contributed by atoms with Crippen molar-refractivity contribution >= 4 is 34.6 Å². The van der Waals surface area contributed by atoms with Crippen molar-refractivity contribution in [2.24, 2.45) is 0 Å². The van der Waals surface area contributed by atoms with Crippen LogP contribution >= 0.6 is 23.2 Å². The molecule has 3 rings (SSSR count). The number of hydrogen-bond donors (Lipinski definition) is 1. The minimum Gasteiger partial charge on any atom is -0.492 e. The van der Waals surface area contributed by atoms with Crippen LogP contribution in [-0.2, 0) is 11.3 Å². The molecule has 1 aliphatic heterocycles. The molecular weight excluding hydrogens is 359 g/mol. The van der Waals surface area contributed by atoms with Gasteiger partial charge in [-0.1, -0.05) is 29.3 Å². The fourth-order valence-electron chi connectivity index (χ4n) is 2.81. The lowest BCUT2D eigenvalue weighted by molar-refractivity contribution is 0.122. The predicted octanol–water partition coefficient (Wildman–Crippen LogP) is 4.84. The first kappa shape index (κ1) is 18.2. The van der Waals surface area contributed by atoms with Gasteiger partial charge < -0.3 is 19.7 Å². The lowest BCUT2D eigenvalue weighted by atomic mass is 10.2. The molecule has 0 amide bonds. The SMILES string of the molecule is CCOc1ccc(CNc2ccc(N3CCOCC3)c(Cl)c2)cc1Cl. The zero-order valence-electron chi connectivity index (χ0n) is 14.2. The largest absolute Gasteiger partial charge is 0.492 e. The monoisotopic (exact) mass is 380 g/mol. The lowest BCUT2D eigenvalue weighted by Crippen LogP contribution is -2.36. The Kier molecular flexibility index (Phi) is 6.29. The molecule has 1 aliphatic rings. The first-order valence-corrected chi connectivity index (χ1v) is 9.20. The van der Waals surface area contributed by atoms with E-state index >= 15 is 0 Å². The van der Waals surface area contributed by atoms with E-state index in [9.17, 15) is 0 Å². The van der Waals surface area contributed by atoms with Crippen molar-refractivity contribution in [2.45, 2.75) is 13.5 Å². The van der Waals surface area contributed by atoms with E-state index in [1.54, 1.807) is 0 Å². The highest BCUT2D eigenvalue weighted by molar-refractivity contribution is 6.33. The number of nitrogens with one attached hydrogen (secondary N) is 1. The Hall–Kier alpha value is -1.62. The van der Waals surface area contributed by atoms with Gasteiger partial charge in [0.1, 0.15) is 5.75 Å². The summed E-state index contributed by atoms with van der Waals surface area (Å²) in [4.78, 5) is 2.25. The molecule has 0 saturated carbocycles. The van der Waals surface area contributed by atoms with Crippen molar-refractivity contribution in [3.8, 4) is 5.75 Å². The predicted molar refractivity (Wildman–Crippen MR) is 104 cm³/mol. The number of morpholine rings is 1. The quantitative estimate of drug-likeness (QED) is 0.776. The van der Waals surface area contributed by atoms with Crippen LogP contribution in [0.3, 0.4) is 0 Å². The topological polar surface area (TPSA) is 33.7 Å². The molecule has 0 bridgehead atoms. The van der Waals surface area contributed by atoms with Crippen molar-refractivity contribution < 1.29 is 9.47 Å². The fourth-order valence-corrected chi connectivity index (χ4v) is 3.37. The van der Waals surface area contributed by atoms with Gasteiger partial charge >= 0.3 is 0 Å². The van der Waals surface area contributed by atoms with Crippen molar-refractivity contribution in [2.75, 3.05) is 43.1 Å². The summed E-state index contributed by atoms with van der Waals surface area (Å²) in [6.45, 7) is 6.44. The molecule has 0 aromatic heterocycles. The van der Waals surface area contributed by atoms with E-state index in [2.05, 4.69) is 16.3 Å². The highest BCUT2D eigenvalue weighted by atomic mass is 35.5. The van der Waals surface area contributed by atoms with Gasteiger partial charge in [-0.25, -0.2) is 0 Å². The van der Waals surface area contributed by atoms with E-state index < -0.39 is 0 Å². The third kappa shape index (κ3) is 4.72. The van der Waals surface area contributed by atoms with Crippen LogP contribution in [0, 0.1) is 0 Å². The summed E-state index contributed by atoms with van der Waals surface area (Å²) in [5.41, 5.74) is 3.12. The number of halogens is 2. The van der Waals surface area contributed by atoms with Crippen LogP contribution in [-0.4, -0.2) is 32.9 Å². The van der Waals surface area contributed by atoms with E-state index in [1.807, 2.05) is 37.3 Å². The van der Waals surface area contributed by atoms with Crippen LogP contribution < -0.4 is 15.0 Å². The van der Waals surface area contributed by atoms with E-state index in [-0.39, 0.29) is 0 Å². The third-order valence-electron chi connectivity index (χ3n) is 4.09. The van der Waals surface area contributed by atoms with Gasteiger partial charge in [-0.15, -0.1) is 0 Å². The van der Waals surface area contributed by atoms with Crippen molar-refractivity contribution in [3.63, 3.8) is 0 Å². The number of nitrogens with zero attached hydrogens (tertiary/aromatic N) is 1. The number of anilines is 2. The number of benzene rings is 2. The van der Waals surface area contributed by atoms with Crippen LogP contribution in [0.15, 0.2) is 36.4 Å². The van der Waals surface area contributed by atoms with E-state index in [0.29, 0.717) is 23.9 Å². The molecule has 4 nitrogen and oxygen atoms in total. The summed E-state index contributed by atoms with van der Waals surface area (Å²) < 4.78 is 10.8. The minimum absolute atomic E-state index is 0.602. The average molecular weight is 381 g/mol. The summed E-state index contributed by atoms with van der Waals surface area (Å²) in [5, 5.41) is 4.76. The van der Waals surface area contributed by atoms with E-state index in [1.165, 1.54) is 0 Å². The second kappa shape index (κ2) is 8.65. The molecule has 1 N–H and O–H groups in total. The normalized spacial score (nSPS) is 14.4. The molecule has 1 fully saturated rings. The molecule has 2 aromatic rings. The first-order chi connectivity index (χ1) is 12.2. The van der Waals surface area contributed by atoms with Gasteiger partial charge in [0, 0.05) is 25.3 Å². The highest BCUT2D eigenvalue weighted by Crippen LogP contribution is 2.30. The van der Waals surface area contributed by atoms with Crippen LogP contribution in [0.25, 0.3) is 0 Å². The molecule has 0 atom stereocenters. The second-order valence-electron chi connectivity index (χ2n) is 5.82. The third-order valence-corrected chi connectivity index (χ3v) is 4.69. The minimum atomic E-state index is 0.602. The smallest absolute Gasteiger partial charge is 0.137 e. The molecule has 0 radical (unpaired) electrons. The van der Waals surface area contributed by atoms with Gasteiger partial charge in [0.25, 0.3) is 0 Å². The summed E-state index contributed by atoms with van der Waals surface area (Å²) in [7, 11) is 0.